The quantitative estimate of drug-likeness (QED) is 0.110. The van der Waals surface area contributed by atoms with Crippen LogP contribution in [-0.2, 0) is 42.9 Å². The van der Waals surface area contributed by atoms with Crippen LogP contribution in [0.3, 0.4) is 0 Å². The van der Waals surface area contributed by atoms with Gasteiger partial charge in [0, 0.05) is 33.1 Å². The second-order valence-corrected chi connectivity index (χ2v) is 9.80. The number of aryl methyl sites for hydroxylation is 1. The highest BCUT2D eigenvalue weighted by Gasteiger charge is 2.52. The average Bonchev–Trinajstić information content (AvgIpc) is 2.88. The number of hydrazone groups is 1. The van der Waals surface area contributed by atoms with Crippen molar-refractivity contribution < 1.29 is 47.3 Å². The number of rotatable bonds is 8. The van der Waals surface area contributed by atoms with E-state index in [1.165, 1.54) is 6.92 Å². The molecule has 2 aromatic rings. The van der Waals surface area contributed by atoms with Crippen molar-refractivity contribution in [3.63, 3.8) is 0 Å². The lowest BCUT2D eigenvalue weighted by Gasteiger charge is -2.44. The number of benzene rings is 1. The van der Waals surface area contributed by atoms with E-state index in [1.807, 2.05) is 19.1 Å². The predicted octanol–water partition coefficient (Wildman–Crippen LogP) is 1.37. The number of carbonyl (C=O) groups is 4. The van der Waals surface area contributed by atoms with Crippen molar-refractivity contribution in [2.24, 2.45) is 5.10 Å². The third-order valence-electron chi connectivity index (χ3n) is 5.87. The predicted molar refractivity (Wildman–Crippen MR) is 150 cm³/mol. The first-order chi connectivity index (χ1) is 19.7. The van der Waals surface area contributed by atoms with Crippen LogP contribution in [0.2, 0.25) is 0 Å². The summed E-state index contributed by atoms with van der Waals surface area (Å²) in [5.41, 5.74) is 3.78. The minimum Gasteiger partial charge on any atom is -0.463 e. The number of fused-ring (bicyclic) bond motifs is 1. The van der Waals surface area contributed by atoms with Gasteiger partial charge in [0.1, 0.15) is 18.3 Å². The summed E-state index contributed by atoms with van der Waals surface area (Å²) >= 11 is 5.33. The maximum atomic E-state index is 12.6. The van der Waals surface area contributed by atoms with Crippen molar-refractivity contribution >= 4 is 57.9 Å². The summed E-state index contributed by atoms with van der Waals surface area (Å²) in [5, 5.41) is 7.47. The number of hydrogen-bond acceptors (Lipinski definition) is 13. The van der Waals surface area contributed by atoms with Crippen molar-refractivity contribution in [1.82, 2.24) is 10.7 Å². The fourth-order valence-corrected chi connectivity index (χ4v) is 4.33. The van der Waals surface area contributed by atoms with Gasteiger partial charge in [-0.15, -0.1) is 0 Å². The van der Waals surface area contributed by atoms with E-state index in [0.717, 1.165) is 26.3 Å². The van der Waals surface area contributed by atoms with Crippen LogP contribution in [0.4, 0.5) is 0 Å². The summed E-state index contributed by atoms with van der Waals surface area (Å²) in [6.07, 6.45) is -6.52. The van der Waals surface area contributed by atoms with Gasteiger partial charge >= 0.3 is 29.5 Å². The number of nitrogens with one attached hydrogen (secondary N) is 2. The first-order valence-electron chi connectivity index (χ1n) is 12.7. The fourth-order valence-electron chi connectivity index (χ4n) is 4.17. The standard InChI is InChI=1S/C27H31N3O11S/c1-12-7-8-18-10-19(26(35)41-20(18)9-12)13(2)29-30-27(42)28-25-24(39-17(6)34)23(38-16(5)33)22(37-15(4)32)21(40-25)11-36-14(3)31/h7-10,21-25H,11H2,1-6H3,(H2,28,30,42)/b29-13+/t21-,22+,23+,24-,25-/m1/s1. The molecule has 2 heterocycles. The Morgan fingerprint density at radius 1 is 0.905 bits per heavy atom. The molecule has 15 heteroatoms. The maximum Gasteiger partial charge on any atom is 0.345 e. The Balaban J connectivity index is 1.87. The van der Waals surface area contributed by atoms with E-state index in [0.29, 0.717) is 11.0 Å². The van der Waals surface area contributed by atoms with Crippen LogP contribution in [0.25, 0.3) is 11.0 Å². The van der Waals surface area contributed by atoms with Crippen molar-refractivity contribution in [1.29, 1.82) is 0 Å². The summed E-state index contributed by atoms with van der Waals surface area (Å²) in [6, 6.07) is 7.08. The van der Waals surface area contributed by atoms with Crippen molar-refractivity contribution in [2.45, 2.75) is 72.2 Å². The highest BCUT2D eigenvalue weighted by Crippen LogP contribution is 2.28. The molecule has 0 radical (unpaired) electrons. The van der Waals surface area contributed by atoms with E-state index in [9.17, 15) is 24.0 Å². The smallest absolute Gasteiger partial charge is 0.345 e. The molecule has 0 saturated carbocycles. The van der Waals surface area contributed by atoms with Gasteiger partial charge < -0.3 is 33.4 Å². The first-order valence-corrected chi connectivity index (χ1v) is 13.1. The minimum absolute atomic E-state index is 0.143. The van der Waals surface area contributed by atoms with Crippen LogP contribution >= 0.6 is 12.2 Å². The van der Waals surface area contributed by atoms with Crippen LogP contribution in [0.5, 0.6) is 0 Å². The molecule has 226 valence electrons. The zero-order valence-electron chi connectivity index (χ0n) is 23.7. The molecule has 0 amide bonds. The topological polar surface area (TPSA) is 181 Å². The van der Waals surface area contributed by atoms with E-state index in [4.69, 9.17) is 40.3 Å². The number of hydrogen-bond donors (Lipinski definition) is 2. The molecule has 2 N–H and O–H groups in total. The van der Waals surface area contributed by atoms with Crippen molar-refractivity contribution in [2.75, 3.05) is 6.61 Å². The zero-order chi connectivity index (χ0) is 31.1. The summed E-state index contributed by atoms with van der Waals surface area (Å²) in [4.78, 5) is 59.9. The van der Waals surface area contributed by atoms with E-state index < -0.39 is 66.8 Å². The Morgan fingerprint density at radius 2 is 1.52 bits per heavy atom. The Kier molecular flexibility index (Phi) is 10.7. The van der Waals surface area contributed by atoms with E-state index in [1.54, 1.807) is 19.1 Å². The summed E-state index contributed by atoms with van der Waals surface area (Å²) in [6.45, 7) is 7.57. The molecule has 3 rings (SSSR count). The first kappa shape index (κ1) is 32.1. The highest BCUT2D eigenvalue weighted by molar-refractivity contribution is 7.80. The van der Waals surface area contributed by atoms with Crippen LogP contribution in [0.15, 0.2) is 38.6 Å². The molecule has 5 atom stereocenters. The Bertz CT molecular complexity index is 1470. The van der Waals surface area contributed by atoms with Gasteiger partial charge in [-0.2, -0.15) is 5.10 Å². The molecule has 1 fully saturated rings. The number of carbonyl (C=O) groups excluding carboxylic acids is 4. The van der Waals surface area contributed by atoms with Gasteiger partial charge in [0.15, 0.2) is 29.7 Å². The molecule has 42 heavy (non-hydrogen) atoms. The molecule has 1 aromatic carbocycles. The second kappa shape index (κ2) is 14.0. The molecule has 1 saturated heterocycles. The van der Waals surface area contributed by atoms with Gasteiger partial charge in [-0.3, -0.25) is 24.6 Å². The van der Waals surface area contributed by atoms with Crippen LogP contribution in [-0.4, -0.2) is 72.0 Å². The van der Waals surface area contributed by atoms with Crippen LogP contribution in [0.1, 0.15) is 45.7 Å². The molecule has 14 nitrogen and oxygen atoms in total. The Hall–Kier alpha value is -4.37. The van der Waals surface area contributed by atoms with Gasteiger partial charge in [-0.25, -0.2) is 4.79 Å². The van der Waals surface area contributed by atoms with Crippen LogP contribution < -0.4 is 16.4 Å². The average molecular weight is 606 g/mol. The SMILES string of the molecule is CC(=O)OC[C@H]1O[C@@H](NC(=S)N/N=C(\C)c2cc3ccc(C)cc3oc2=O)[C@H](OC(C)=O)[C@@H](OC(C)=O)[C@H]1OC(C)=O. The van der Waals surface area contributed by atoms with Gasteiger partial charge in [0.2, 0.25) is 0 Å². The number of esters is 4. The highest BCUT2D eigenvalue weighted by atomic mass is 32.1. The molecule has 0 bridgehead atoms. The molecule has 0 spiro atoms. The number of thiocarbonyl (C=S) groups is 1. The molecule has 0 aliphatic carbocycles. The van der Waals surface area contributed by atoms with Gasteiger partial charge in [0.25, 0.3) is 0 Å². The Morgan fingerprint density at radius 3 is 2.14 bits per heavy atom. The second-order valence-electron chi connectivity index (χ2n) is 9.39. The van der Waals surface area contributed by atoms with E-state index in [2.05, 4.69) is 15.8 Å². The summed E-state index contributed by atoms with van der Waals surface area (Å²) in [5.74, 6) is -2.94. The maximum absolute atomic E-state index is 12.6. The molecular weight excluding hydrogens is 574 g/mol. The molecule has 1 aliphatic rings. The van der Waals surface area contributed by atoms with Gasteiger partial charge in [-0.1, -0.05) is 12.1 Å². The minimum atomic E-state index is -1.37. The lowest BCUT2D eigenvalue weighted by molar-refractivity contribution is -0.254. The van der Waals surface area contributed by atoms with Gasteiger partial charge in [-0.05, 0) is 43.8 Å². The molecule has 1 aliphatic heterocycles. The monoisotopic (exact) mass is 605 g/mol. The van der Waals surface area contributed by atoms with Crippen molar-refractivity contribution in [3.8, 4) is 0 Å². The zero-order valence-corrected chi connectivity index (χ0v) is 24.6. The molecule has 0 unspecified atom stereocenters. The van der Waals surface area contributed by atoms with E-state index in [-0.39, 0.29) is 16.4 Å². The molecule has 1 aromatic heterocycles. The number of nitrogens with zero attached hydrogens (tertiary/aromatic N) is 1. The summed E-state index contributed by atoms with van der Waals surface area (Å²) < 4.78 is 32.5. The molecular formula is C27H31N3O11S. The lowest BCUT2D eigenvalue weighted by Crippen LogP contribution is -2.66. The fraction of sp³-hybridized carbons (Fsp3) is 0.444. The third kappa shape index (κ3) is 8.57. The van der Waals surface area contributed by atoms with E-state index >= 15 is 0 Å². The van der Waals surface area contributed by atoms with Crippen molar-refractivity contribution in [3.05, 3.63) is 45.8 Å². The lowest BCUT2D eigenvalue weighted by atomic mass is 9.97. The van der Waals surface area contributed by atoms with Gasteiger partial charge in [0.05, 0.1) is 11.3 Å². The van der Waals surface area contributed by atoms with Crippen LogP contribution in [0, 0.1) is 6.92 Å². The number of ether oxygens (including phenoxy) is 5. The summed E-state index contributed by atoms with van der Waals surface area (Å²) in [7, 11) is 0. The largest absolute Gasteiger partial charge is 0.463 e. The Labute approximate surface area is 245 Å². The normalized spacial score (nSPS) is 22.0. The third-order valence-corrected chi connectivity index (χ3v) is 6.08.